The Morgan fingerprint density at radius 2 is 1.85 bits per heavy atom. The van der Waals surface area contributed by atoms with Crippen molar-refractivity contribution in [2.24, 2.45) is 0 Å². The van der Waals surface area contributed by atoms with Crippen LogP contribution in [0, 0.1) is 0 Å². The molecule has 0 bridgehead atoms. The second-order valence-corrected chi connectivity index (χ2v) is 6.43. The Labute approximate surface area is 134 Å². The van der Waals surface area contributed by atoms with E-state index in [0.717, 1.165) is 5.75 Å². The van der Waals surface area contributed by atoms with Crippen LogP contribution < -0.4 is 9.47 Å². The molecule has 5 heteroatoms. The Hall–Kier alpha value is -0.483. The van der Waals surface area contributed by atoms with Crippen LogP contribution in [0.1, 0.15) is 42.5 Å². The zero-order valence-corrected chi connectivity index (χ0v) is 12.6. The van der Waals surface area contributed by atoms with Crippen molar-refractivity contribution >= 4 is 33.0 Å². The van der Waals surface area contributed by atoms with E-state index in [1.807, 2.05) is 12.1 Å². The van der Waals surface area contributed by atoms with E-state index in [1.54, 1.807) is 20.3 Å². The van der Waals surface area contributed by atoms with Gasteiger partial charge in [0, 0.05) is 6.07 Å². The summed E-state index contributed by atoms with van der Waals surface area (Å²) in [6.07, 6.45) is 6.25. The van der Waals surface area contributed by atoms with Crippen molar-refractivity contribution in [2.75, 3.05) is 14.2 Å². The van der Waals surface area contributed by atoms with E-state index in [4.69, 9.17) is 9.47 Å². The van der Waals surface area contributed by atoms with Crippen LogP contribution in [0.2, 0.25) is 0 Å². The fraction of sp³-hybridized carbons (Fsp3) is 0.533. The summed E-state index contributed by atoms with van der Waals surface area (Å²) in [5.74, 6) is 1.34. The minimum atomic E-state index is 0. The average Bonchev–Trinajstić information content (AvgIpc) is 2.47. The van der Waals surface area contributed by atoms with Gasteiger partial charge in [-0.3, -0.25) is 4.79 Å². The number of rotatable bonds is 5. The molecular weight excluding hydrogens is 266 g/mol. The van der Waals surface area contributed by atoms with Crippen molar-refractivity contribution in [3.05, 3.63) is 23.8 Å². The molecule has 1 aromatic rings. The third kappa shape index (κ3) is 4.52. The number of carbonyl (C=O) groups excluding carboxylic acids is 1. The molecule has 0 heterocycles. The summed E-state index contributed by atoms with van der Waals surface area (Å²) in [6, 6.07) is 5.41. The fourth-order valence-electron chi connectivity index (χ4n) is 2.50. The summed E-state index contributed by atoms with van der Waals surface area (Å²) in [5, 5.41) is 0. The zero-order valence-electron chi connectivity index (χ0n) is 11.6. The van der Waals surface area contributed by atoms with Gasteiger partial charge in [0.1, 0.15) is 11.5 Å². The van der Waals surface area contributed by atoms with Gasteiger partial charge in [-0.05, 0) is 39.2 Å². The van der Waals surface area contributed by atoms with E-state index < -0.39 is 0 Å². The molecule has 1 aliphatic carbocycles. The van der Waals surface area contributed by atoms with Crippen LogP contribution in [0.15, 0.2) is 18.2 Å². The standard InChI is InChI=1S/C15H21O3P.Li.H/c1-17-11-8-9-13(14(10-11)18-2)15(16)19-12-6-4-3-5-7-12;;/h8-10,12,19H,3-7H2,1-2H3;;. The monoisotopic (exact) mass is 288 g/mol. The van der Waals surface area contributed by atoms with Gasteiger partial charge in [0.25, 0.3) is 0 Å². The maximum atomic E-state index is 12.4. The number of carbonyl (C=O) groups is 1. The molecule has 1 aromatic carbocycles. The first-order valence-corrected chi connectivity index (χ1v) is 7.85. The quantitative estimate of drug-likeness (QED) is 0.616. The normalized spacial score (nSPS) is 15.9. The second kappa shape index (κ2) is 8.73. The van der Waals surface area contributed by atoms with Gasteiger partial charge in [0.2, 0.25) is 0 Å². The first-order chi connectivity index (χ1) is 9.24. The molecule has 0 saturated heterocycles. The van der Waals surface area contributed by atoms with Gasteiger partial charge in [-0.2, -0.15) is 0 Å². The second-order valence-electron chi connectivity index (χ2n) is 4.87. The van der Waals surface area contributed by atoms with Crippen molar-refractivity contribution in [2.45, 2.75) is 37.8 Å². The summed E-state index contributed by atoms with van der Waals surface area (Å²) < 4.78 is 10.5. The topological polar surface area (TPSA) is 35.5 Å². The van der Waals surface area contributed by atoms with E-state index >= 15 is 0 Å². The van der Waals surface area contributed by atoms with E-state index in [9.17, 15) is 4.79 Å². The molecule has 1 atom stereocenters. The molecule has 20 heavy (non-hydrogen) atoms. The molecule has 0 amide bonds. The molecule has 1 fully saturated rings. The third-order valence-corrected chi connectivity index (χ3v) is 5.11. The summed E-state index contributed by atoms with van der Waals surface area (Å²) in [4.78, 5) is 12.4. The first-order valence-electron chi connectivity index (χ1n) is 6.77. The Morgan fingerprint density at radius 1 is 1.15 bits per heavy atom. The van der Waals surface area contributed by atoms with E-state index in [1.165, 1.54) is 32.1 Å². The molecule has 1 unspecified atom stereocenters. The van der Waals surface area contributed by atoms with Crippen LogP contribution in [0.4, 0.5) is 0 Å². The Bertz CT molecular complexity index is 445. The first kappa shape index (κ1) is 17.6. The number of hydrogen-bond acceptors (Lipinski definition) is 3. The van der Waals surface area contributed by atoms with Crippen molar-refractivity contribution in [3.8, 4) is 11.5 Å². The van der Waals surface area contributed by atoms with E-state index in [2.05, 4.69) is 0 Å². The van der Waals surface area contributed by atoms with Gasteiger partial charge >= 0.3 is 18.9 Å². The van der Waals surface area contributed by atoms with Crippen LogP contribution in [-0.4, -0.2) is 44.3 Å². The van der Waals surface area contributed by atoms with Gasteiger partial charge in [0.15, 0.2) is 5.52 Å². The predicted molar refractivity (Wildman–Crippen MR) is 86.2 cm³/mol. The molecule has 0 radical (unpaired) electrons. The summed E-state index contributed by atoms with van der Waals surface area (Å²) in [7, 11) is 3.57. The van der Waals surface area contributed by atoms with Crippen LogP contribution in [0.3, 0.4) is 0 Å². The molecule has 1 saturated carbocycles. The van der Waals surface area contributed by atoms with Crippen molar-refractivity contribution in [1.29, 1.82) is 0 Å². The number of methoxy groups -OCH3 is 2. The van der Waals surface area contributed by atoms with Gasteiger partial charge in [0.05, 0.1) is 19.8 Å². The van der Waals surface area contributed by atoms with Crippen molar-refractivity contribution in [1.82, 2.24) is 0 Å². The van der Waals surface area contributed by atoms with Crippen LogP contribution in [0.5, 0.6) is 11.5 Å². The van der Waals surface area contributed by atoms with Crippen molar-refractivity contribution in [3.63, 3.8) is 0 Å². The number of hydrogen-bond donors (Lipinski definition) is 0. The summed E-state index contributed by atoms with van der Waals surface area (Å²) in [5.41, 5.74) is 1.48. The predicted octanol–water partition coefficient (Wildman–Crippen LogP) is 3.21. The molecule has 3 nitrogen and oxygen atoms in total. The van der Waals surface area contributed by atoms with Crippen molar-refractivity contribution < 1.29 is 14.3 Å². The molecule has 0 spiro atoms. The fourth-order valence-corrected chi connectivity index (χ4v) is 3.93. The molecule has 0 aromatic heterocycles. The molecule has 2 rings (SSSR count). The van der Waals surface area contributed by atoms with Gasteiger partial charge in [-0.1, -0.05) is 19.3 Å². The van der Waals surface area contributed by atoms with Crippen LogP contribution in [0.25, 0.3) is 0 Å². The molecule has 0 N–H and O–H groups in total. The molecular formula is C15H22LiO3P. The van der Waals surface area contributed by atoms with E-state index in [-0.39, 0.29) is 24.4 Å². The zero-order chi connectivity index (χ0) is 13.7. The maximum absolute atomic E-state index is 12.4. The minimum absolute atomic E-state index is 0. The summed E-state index contributed by atoms with van der Waals surface area (Å²) >= 11 is 0. The van der Waals surface area contributed by atoms with Crippen LogP contribution >= 0.6 is 8.58 Å². The average molecular weight is 288 g/mol. The molecule has 0 aliphatic heterocycles. The molecule has 106 valence electrons. The molecule has 1 aliphatic rings. The van der Waals surface area contributed by atoms with Crippen LogP contribution in [-0.2, 0) is 0 Å². The van der Waals surface area contributed by atoms with Gasteiger partial charge in [-0.15, -0.1) is 0 Å². The Kier molecular flexibility index (Phi) is 7.67. The number of benzene rings is 1. The Morgan fingerprint density at radius 3 is 2.45 bits per heavy atom. The van der Waals surface area contributed by atoms with Gasteiger partial charge in [-0.25, -0.2) is 0 Å². The summed E-state index contributed by atoms with van der Waals surface area (Å²) in [6.45, 7) is 0. The van der Waals surface area contributed by atoms with E-state index in [0.29, 0.717) is 25.6 Å². The van der Waals surface area contributed by atoms with Gasteiger partial charge < -0.3 is 9.47 Å². The SMILES string of the molecule is COc1ccc(C(=O)PC2CCCCC2)c(OC)c1.[LiH]. The third-order valence-electron chi connectivity index (χ3n) is 3.59. The Balaban J connectivity index is 0.00000200. The number of ether oxygens (including phenoxy) is 2.